The first-order chi connectivity index (χ1) is 11.7. The normalized spacial score (nSPS) is 13.0. The van der Waals surface area contributed by atoms with Crippen molar-refractivity contribution >= 4 is 11.7 Å². The average Bonchev–Trinajstić information content (AvgIpc) is 2.93. The minimum absolute atomic E-state index is 0.143. The van der Waals surface area contributed by atoms with E-state index >= 15 is 0 Å². The summed E-state index contributed by atoms with van der Waals surface area (Å²) < 4.78 is 5.74. The van der Waals surface area contributed by atoms with Crippen molar-refractivity contribution in [2.24, 2.45) is 0 Å². The summed E-state index contributed by atoms with van der Waals surface area (Å²) in [4.78, 5) is 26.8. The predicted molar refractivity (Wildman–Crippen MR) is 88.0 cm³/mol. The Morgan fingerprint density at radius 1 is 1.17 bits per heavy atom. The molecule has 0 spiro atoms. The Morgan fingerprint density at radius 3 is 2.83 bits per heavy atom. The summed E-state index contributed by atoms with van der Waals surface area (Å²) in [5.41, 5.74) is 2.34. The van der Waals surface area contributed by atoms with Gasteiger partial charge in [0.15, 0.2) is 0 Å². The minimum atomic E-state index is -0.143. The molecule has 118 valence electrons. The number of pyridine rings is 3. The summed E-state index contributed by atoms with van der Waals surface area (Å²) in [5.74, 6) is 1.43. The van der Waals surface area contributed by atoms with E-state index in [2.05, 4.69) is 15.0 Å². The summed E-state index contributed by atoms with van der Waals surface area (Å²) in [7, 11) is 0. The van der Waals surface area contributed by atoms with E-state index in [0.29, 0.717) is 29.7 Å². The van der Waals surface area contributed by atoms with Gasteiger partial charge in [-0.15, -0.1) is 0 Å². The molecule has 3 aromatic heterocycles. The molecule has 0 bridgehead atoms. The van der Waals surface area contributed by atoms with Crippen LogP contribution in [0, 0.1) is 6.92 Å². The molecule has 1 aliphatic rings. The highest BCUT2D eigenvalue weighted by atomic mass is 16.5. The first-order valence-electron chi connectivity index (χ1n) is 7.53. The van der Waals surface area contributed by atoms with Crippen molar-refractivity contribution in [1.29, 1.82) is 0 Å². The standard InChI is InChI=1S/C18H14N4O2/c1-12-8-15(21-16(9-12)24-14-5-3-6-19-10-14)22-11-13-4-2-7-20-17(13)18(22)23/h2-10H,11H2,1H3. The Labute approximate surface area is 138 Å². The number of hydrogen-bond acceptors (Lipinski definition) is 5. The number of carbonyl (C=O) groups excluding carboxylic acids is 1. The van der Waals surface area contributed by atoms with Crippen LogP contribution >= 0.6 is 0 Å². The quantitative estimate of drug-likeness (QED) is 0.742. The van der Waals surface area contributed by atoms with Crippen molar-refractivity contribution in [1.82, 2.24) is 15.0 Å². The zero-order valence-corrected chi connectivity index (χ0v) is 13.0. The van der Waals surface area contributed by atoms with Crippen LogP contribution < -0.4 is 9.64 Å². The molecular formula is C18H14N4O2. The lowest BCUT2D eigenvalue weighted by molar-refractivity contribution is 0.0991. The number of ether oxygens (including phenoxy) is 1. The fourth-order valence-corrected chi connectivity index (χ4v) is 2.65. The van der Waals surface area contributed by atoms with Crippen molar-refractivity contribution in [3.05, 3.63) is 71.8 Å². The fourth-order valence-electron chi connectivity index (χ4n) is 2.65. The van der Waals surface area contributed by atoms with Crippen molar-refractivity contribution in [3.8, 4) is 11.6 Å². The van der Waals surface area contributed by atoms with Crippen LogP contribution in [0.1, 0.15) is 21.6 Å². The van der Waals surface area contributed by atoms with E-state index in [1.54, 1.807) is 35.6 Å². The SMILES string of the molecule is Cc1cc(Oc2cccnc2)nc(N2Cc3cccnc3C2=O)c1. The largest absolute Gasteiger partial charge is 0.437 e. The van der Waals surface area contributed by atoms with Crippen LogP contribution in [0.25, 0.3) is 0 Å². The summed E-state index contributed by atoms with van der Waals surface area (Å²) in [6.07, 6.45) is 4.92. The maximum absolute atomic E-state index is 12.6. The highest BCUT2D eigenvalue weighted by Crippen LogP contribution is 2.29. The summed E-state index contributed by atoms with van der Waals surface area (Å²) in [5, 5.41) is 0. The van der Waals surface area contributed by atoms with Crippen LogP contribution in [-0.2, 0) is 6.54 Å². The lowest BCUT2D eigenvalue weighted by atomic mass is 10.2. The molecule has 0 atom stereocenters. The van der Waals surface area contributed by atoms with Gasteiger partial charge in [-0.2, -0.15) is 4.98 Å². The average molecular weight is 318 g/mol. The van der Waals surface area contributed by atoms with E-state index in [9.17, 15) is 4.79 Å². The Kier molecular flexibility index (Phi) is 3.42. The second-order valence-electron chi connectivity index (χ2n) is 5.53. The van der Waals surface area contributed by atoms with E-state index in [-0.39, 0.29) is 5.91 Å². The van der Waals surface area contributed by atoms with Gasteiger partial charge in [-0.05, 0) is 36.8 Å². The number of anilines is 1. The first kappa shape index (κ1) is 14.3. The number of nitrogens with zero attached hydrogens (tertiary/aromatic N) is 4. The van der Waals surface area contributed by atoms with Gasteiger partial charge in [-0.3, -0.25) is 19.7 Å². The molecule has 0 unspecified atom stereocenters. The molecule has 1 amide bonds. The lowest BCUT2D eigenvalue weighted by Gasteiger charge is -2.16. The smallest absolute Gasteiger partial charge is 0.278 e. The van der Waals surface area contributed by atoms with Gasteiger partial charge >= 0.3 is 0 Å². The molecule has 1 aliphatic heterocycles. The molecule has 0 radical (unpaired) electrons. The van der Waals surface area contributed by atoms with Gasteiger partial charge in [0.2, 0.25) is 5.88 Å². The van der Waals surface area contributed by atoms with Crippen LogP contribution in [-0.4, -0.2) is 20.9 Å². The molecule has 0 saturated heterocycles. The van der Waals surface area contributed by atoms with Crippen molar-refractivity contribution in [2.75, 3.05) is 4.90 Å². The zero-order valence-electron chi connectivity index (χ0n) is 13.0. The summed E-state index contributed by atoms with van der Waals surface area (Å²) in [6.45, 7) is 2.40. The van der Waals surface area contributed by atoms with Gasteiger partial charge < -0.3 is 4.74 Å². The maximum atomic E-state index is 12.6. The number of hydrogen-bond donors (Lipinski definition) is 0. The summed E-state index contributed by atoms with van der Waals surface area (Å²) >= 11 is 0. The number of fused-ring (bicyclic) bond motifs is 1. The molecule has 6 heteroatoms. The Bertz CT molecular complexity index is 912. The molecule has 24 heavy (non-hydrogen) atoms. The third-order valence-corrected chi connectivity index (χ3v) is 3.73. The van der Waals surface area contributed by atoms with Crippen LogP contribution in [0.2, 0.25) is 0 Å². The molecule has 0 aliphatic carbocycles. The van der Waals surface area contributed by atoms with Gasteiger partial charge in [-0.1, -0.05) is 6.07 Å². The molecule has 4 heterocycles. The van der Waals surface area contributed by atoms with Crippen molar-refractivity contribution in [2.45, 2.75) is 13.5 Å². The van der Waals surface area contributed by atoms with Crippen LogP contribution in [0.15, 0.2) is 55.0 Å². The Balaban J connectivity index is 1.66. The Morgan fingerprint density at radius 2 is 2.04 bits per heavy atom. The number of rotatable bonds is 3. The first-order valence-corrected chi connectivity index (χ1v) is 7.53. The van der Waals surface area contributed by atoms with E-state index in [0.717, 1.165) is 11.1 Å². The molecule has 6 nitrogen and oxygen atoms in total. The molecule has 0 saturated carbocycles. The van der Waals surface area contributed by atoms with Gasteiger partial charge in [-0.25, -0.2) is 0 Å². The monoisotopic (exact) mass is 318 g/mol. The second kappa shape index (κ2) is 5.73. The van der Waals surface area contributed by atoms with Gasteiger partial charge in [0.05, 0.1) is 12.7 Å². The van der Waals surface area contributed by atoms with Crippen LogP contribution in [0.3, 0.4) is 0 Å². The topological polar surface area (TPSA) is 68.2 Å². The molecule has 3 aromatic rings. The third kappa shape index (κ3) is 2.58. The highest BCUT2D eigenvalue weighted by molar-refractivity contribution is 6.08. The lowest BCUT2D eigenvalue weighted by Crippen LogP contribution is -2.24. The molecule has 0 fully saturated rings. The maximum Gasteiger partial charge on any atom is 0.278 e. The Hall–Kier alpha value is -3.28. The second-order valence-corrected chi connectivity index (χ2v) is 5.53. The van der Waals surface area contributed by atoms with Crippen molar-refractivity contribution in [3.63, 3.8) is 0 Å². The van der Waals surface area contributed by atoms with E-state index < -0.39 is 0 Å². The number of aromatic nitrogens is 3. The third-order valence-electron chi connectivity index (χ3n) is 3.73. The molecule has 4 rings (SSSR count). The van der Waals surface area contributed by atoms with Crippen LogP contribution in [0.4, 0.5) is 5.82 Å². The van der Waals surface area contributed by atoms with E-state index in [4.69, 9.17) is 4.74 Å². The molecule has 0 N–H and O–H groups in total. The van der Waals surface area contributed by atoms with Gasteiger partial charge in [0.1, 0.15) is 17.3 Å². The fraction of sp³-hybridized carbons (Fsp3) is 0.111. The van der Waals surface area contributed by atoms with Gasteiger partial charge in [0, 0.05) is 24.0 Å². The molecule has 0 aromatic carbocycles. The van der Waals surface area contributed by atoms with Gasteiger partial charge in [0.25, 0.3) is 5.91 Å². The van der Waals surface area contributed by atoms with Crippen molar-refractivity contribution < 1.29 is 9.53 Å². The number of carbonyl (C=O) groups is 1. The predicted octanol–water partition coefficient (Wildman–Crippen LogP) is 3.13. The van der Waals surface area contributed by atoms with E-state index in [1.807, 2.05) is 31.2 Å². The zero-order chi connectivity index (χ0) is 16.5. The number of amides is 1. The number of aryl methyl sites for hydroxylation is 1. The molecular weight excluding hydrogens is 304 g/mol. The van der Waals surface area contributed by atoms with E-state index in [1.165, 1.54) is 0 Å². The summed E-state index contributed by atoms with van der Waals surface area (Å²) in [6, 6.07) is 11.0. The highest BCUT2D eigenvalue weighted by Gasteiger charge is 2.30. The minimum Gasteiger partial charge on any atom is -0.437 e. The van der Waals surface area contributed by atoms with Crippen LogP contribution in [0.5, 0.6) is 11.6 Å².